The van der Waals surface area contributed by atoms with Gasteiger partial charge in [-0.3, -0.25) is 0 Å². The van der Waals surface area contributed by atoms with Gasteiger partial charge in [0.2, 0.25) is 0 Å². The van der Waals surface area contributed by atoms with E-state index in [4.69, 9.17) is 18.9 Å². The van der Waals surface area contributed by atoms with Gasteiger partial charge in [0.25, 0.3) is 0 Å². The molecule has 0 saturated carbocycles. The van der Waals surface area contributed by atoms with Crippen molar-refractivity contribution in [1.29, 1.82) is 0 Å². The Labute approximate surface area is 136 Å². The van der Waals surface area contributed by atoms with E-state index in [-0.39, 0.29) is 0 Å². The van der Waals surface area contributed by atoms with Crippen molar-refractivity contribution in [2.45, 2.75) is 0 Å². The first kappa shape index (κ1) is 13.7. The molecule has 0 aromatic carbocycles. The molecule has 0 spiro atoms. The molecule has 2 aromatic rings. The summed E-state index contributed by atoms with van der Waals surface area (Å²) in [5, 5.41) is 3.97. The Morgan fingerprint density at radius 3 is 1.64 bits per heavy atom. The Balaban J connectivity index is 1.48. The minimum atomic E-state index is 0.610. The molecule has 0 fully saturated rings. The summed E-state index contributed by atoms with van der Waals surface area (Å²) in [5.74, 6) is 3.40. The van der Waals surface area contributed by atoms with Crippen LogP contribution in [-0.2, 0) is 0 Å². The number of allylic oxidation sites excluding steroid dienone is 2. The van der Waals surface area contributed by atoms with Gasteiger partial charge in [0.1, 0.15) is 26.4 Å². The first-order chi connectivity index (χ1) is 10.9. The van der Waals surface area contributed by atoms with Crippen LogP contribution < -0.4 is 18.9 Å². The lowest BCUT2D eigenvalue weighted by Gasteiger charge is -2.15. The lowest BCUT2D eigenvalue weighted by molar-refractivity contribution is 0.173. The molecule has 2 aromatic heterocycles. The second kappa shape index (κ2) is 6.06. The normalized spacial score (nSPS) is 16.5. The van der Waals surface area contributed by atoms with Crippen LogP contribution in [0.25, 0.3) is 12.2 Å². The predicted octanol–water partition coefficient (Wildman–Crippen LogP) is 4.08. The Morgan fingerprint density at radius 1 is 0.682 bits per heavy atom. The molecule has 0 saturated heterocycles. The van der Waals surface area contributed by atoms with Gasteiger partial charge in [-0.2, -0.15) is 0 Å². The minimum absolute atomic E-state index is 0.610. The first-order valence-corrected chi connectivity index (χ1v) is 8.76. The monoisotopic (exact) mass is 334 g/mol. The van der Waals surface area contributed by atoms with Crippen LogP contribution in [0.1, 0.15) is 9.75 Å². The van der Waals surface area contributed by atoms with Gasteiger partial charge in [0.05, 0.1) is 9.75 Å². The largest absolute Gasteiger partial charge is 0.485 e. The van der Waals surface area contributed by atoms with Gasteiger partial charge >= 0.3 is 0 Å². The molecule has 22 heavy (non-hydrogen) atoms. The smallest absolute Gasteiger partial charge is 0.179 e. The Kier molecular flexibility index (Phi) is 3.78. The number of fused-ring (bicyclic) bond motifs is 2. The van der Waals surface area contributed by atoms with Crippen molar-refractivity contribution >= 4 is 34.8 Å². The minimum Gasteiger partial charge on any atom is -0.485 e. The fourth-order valence-electron chi connectivity index (χ4n) is 2.28. The molecule has 4 rings (SSSR count). The van der Waals surface area contributed by atoms with Crippen molar-refractivity contribution in [3.05, 3.63) is 32.7 Å². The highest BCUT2D eigenvalue weighted by atomic mass is 32.1. The predicted molar refractivity (Wildman–Crippen MR) is 88.7 cm³/mol. The van der Waals surface area contributed by atoms with Crippen molar-refractivity contribution < 1.29 is 18.9 Å². The molecule has 4 heterocycles. The van der Waals surface area contributed by atoms with Gasteiger partial charge < -0.3 is 18.9 Å². The SMILES string of the molecule is C(/C=C/c1scc2c1OCCO2)=C\c1scc2c1OCCO2. The molecule has 0 atom stereocenters. The average molecular weight is 334 g/mol. The van der Waals surface area contributed by atoms with Crippen molar-refractivity contribution in [3.8, 4) is 23.0 Å². The maximum absolute atomic E-state index is 5.65. The first-order valence-electron chi connectivity index (χ1n) is 7.01. The van der Waals surface area contributed by atoms with Gasteiger partial charge in [-0.05, 0) is 12.2 Å². The van der Waals surface area contributed by atoms with Gasteiger partial charge in [0.15, 0.2) is 23.0 Å². The van der Waals surface area contributed by atoms with Crippen LogP contribution in [0.2, 0.25) is 0 Å². The van der Waals surface area contributed by atoms with Crippen molar-refractivity contribution in [1.82, 2.24) is 0 Å². The van der Waals surface area contributed by atoms with Gasteiger partial charge in [0, 0.05) is 10.8 Å². The van der Waals surface area contributed by atoms with E-state index in [9.17, 15) is 0 Å². The van der Waals surface area contributed by atoms with Crippen LogP contribution in [0.5, 0.6) is 23.0 Å². The maximum atomic E-state index is 5.65. The average Bonchev–Trinajstić information content (AvgIpc) is 3.16. The van der Waals surface area contributed by atoms with E-state index in [1.54, 1.807) is 22.7 Å². The van der Waals surface area contributed by atoms with Crippen molar-refractivity contribution in [2.24, 2.45) is 0 Å². The summed E-state index contributed by atoms with van der Waals surface area (Å²) in [6.07, 6.45) is 8.07. The third-order valence-corrected chi connectivity index (χ3v) is 5.08. The second-order valence-electron chi connectivity index (χ2n) is 4.70. The van der Waals surface area contributed by atoms with Crippen LogP contribution in [-0.4, -0.2) is 26.4 Å². The fourth-order valence-corrected chi connectivity index (χ4v) is 3.95. The molecule has 0 aliphatic carbocycles. The highest BCUT2D eigenvalue weighted by molar-refractivity contribution is 7.12. The summed E-state index contributed by atoms with van der Waals surface area (Å²) in [5.41, 5.74) is 0. The molecule has 4 nitrogen and oxygen atoms in total. The zero-order chi connectivity index (χ0) is 14.8. The van der Waals surface area contributed by atoms with Gasteiger partial charge in [-0.1, -0.05) is 12.2 Å². The van der Waals surface area contributed by atoms with Crippen molar-refractivity contribution in [2.75, 3.05) is 26.4 Å². The van der Waals surface area contributed by atoms with Crippen LogP contribution in [0, 0.1) is 0 Å². The Bertz CT molecular complexity index is 664. The van der Waals surface area contributed by atoms with E-state index in [1.165, 1.54) is 0 Å². The number of thiophene rings is 2. The van der Waals surface area contributed by atoms with Crippen LogP contribution in [0.3, 0.4) is 0 Å². The molecule has 6 heteroatoms. The maximum Gasteiger partial charge on any atom is 0.179 e. The molecule has 114 valence electrons. The molecular formula is C16H14O4S2. The summed E-state index contributed by atoms with van der Waals surface area (Å²) < 4.78 is 22.4. The second-order valence-corrected chi connectivity index (χ2v) is 6.52. The van der Waals surface area contributed by atoms with E-state index in [1.807, 2.05) is 35.1 Å². The summed E-state index contributed by atoms with van der Waals surface area (Å²) in [6, 6.07) is 0. The number of hydrogen-bond acceptors (Lipinski definition) is 6. The van der Waals surface area contributed by atoms with Crippen LogP contribution in [0.15, 0.2) is 22.9 Å². The van der Waals surface area contributed by atoms with Crippen molar-refractivity contribution in [3.63, 3.8) is 0 Å². The van der Waals surface area contributed by atoms with E-state index in [0.717, 1.165) is 32.8 Å². The standard InChI is InChI=1S/C16H14O4S2/c1(3-13-15-11(9-21-13)17-5-7-19-15)2-4-14-16-12(10-22-14)18-6-8-20-16/h1-4,9-10H,5-8H2/b3-1+,4-2+. The summed E-state index contributed by atoms with van der Waals surface area (Å²) in [6.45, 7) is 2.47. The highest BCUT2D eigenvalue weighted by Crippen LogP contribution is 2.41. The quantitative estimate of drug-likeness (QED) is 0.793. The molecule has 0 bridgehead atoms. The lowest BCUT2D eigenvalue weighted by atomic mass is 10.3. The Morgan fingerprint density at radius 2 is 1.14 bits per heavy atom. The summed E-state index contributed by atoms with van der Waals surface area (Å²) in [4.78, 5) is 2.15. The number of hydrogen-bond donors (Lipinski definition) is 0. The molecule has 0 unspecified atom stereocenters. The zero-order valence-corrected chi connectivity index (χ0v) is 13.4. The Hall–Kier alpha value is -1.92. The molecule has 0 amide bonds. The molecule has 0 radical (unpaired) electrons. The topological polar surface area (TPSA) is 36.9 Å². The summed E-state index contributed by atoms with van der Waals surface area (Å²) >= 11 is 3.25. The molecular weight excluding hydrogens is 320 g/mol. The van der Waals surface area contributed by atoms with Gasteiger partial charge in [-0.15, -0.1) is 22.7 Å². The number of ether oxygens (including phenoxy) is 4. The fraction of sp³-hybridized carbons (Fsp3) is 0.250. The van der Waals surface area contributed by atoms with E-state index in [2.05, 4.69) is 0 Å². The summed E-state index contributed by atoms with van der Waals surface area (Å²) in [7, 11) is 0. The van der Waals surface area contributed by atoms with E-state index in [0.29, 0.717) is 26.4 Å². The molecule has 2 aliphatic heterocycles. The lowest BCUT2D eigenvalue weighted by Crippen LogP contribution is -2.14. The zero-order valence-electron chi connectivity index (χ0n) is 11.7. The highest BCUT2D eigenvalue weighted by Gasteiger charge is 2.17. The van der Waals surface area contributed by atoms with E-state index >= 15 is 0 Å². The molecule has 2 aliphatic rings. The number of rotatable bonds is 3. The van der Waals surface area contributed by atoms with Crippen LogP contribution >= 0.6 is 22.7 Å². The third-order valence-electron chi connectivity index (χ3n) is 3.26. The van der Waals surface area contributed by atoms with E-state index < -0.39 is 0 Å². The molecule has 0 N–H and O–H groups in total. The van der Waals surface area contributed by atoms with Crippen LogP contribution in [0.4, 0.5) is 0 Å². The third kappa shape index (κ3) is 2.60. The van der Waals surface area contributed by atoms with Gasteiger partial charge in [-0.25, -0.2) is 0 Å².